The van der Waals surface area contributed by atoms with Gasteiger partial charge < -0.3 is 25.6 Å². The zero-order chi connectivity index (χ0) is 16.7. The predicted octanol–water partition coefficient (Wildman–Crippen LogP) is 1.35. The Balaban J connectivity index is 1.64. The van der Waals surface area contributed by atoms with Gasteiger partial charge in [0.15, 0.2) is 22.8 Å². The summed E-state index contributed by atoms with van der Waals surface area (Å²) in [6.45, 7) is 0.617. The zero-order valence-electron chi connectivity index (χ0n) is 12.4. The van der Waals surface area contributed by atoms with Gasteiger partial charge in [-0.25, -0.2) is 9.31 Å². The summed E-state index contributed by atoms with van der Waals surface area (Å²) in [5.74, 6) is 0.265. The maximum Gasteiger partial charge on any atom is 0.356 e. The van der Waals surface area contributed by atoms with Crippen molar-refractivity contribution in [1.29, 1.82) is 0 Å². The highest BCUT2D eigenvalue weighted by atomic mass is 16.7. The number of aromatic nitrogens is 3. The molecule has 1 aromatic carbocycles. The number of ether oxygens (including phenoxy) is 2. The molecule has 0 fully saturated rings. The average Bonchev–Trinajstić information content (AvgIpc) is 3.16. The summed E-state index contributed by atoms with van der Waals surface area (Å²) in [6.07, 6.45) is 0. The molecule has 1 aliphatic rings. The van der Waals surface area contributed by atoms with E-state index in [9.17, 15) is 9.90 Å². The molecule has 0 saturated heterocycles. The van der Waals surface area contributed by atoms with Crippen molar-refractivity contribution in [2.75, 3.05) is 17.8 Å². The fraction of sp³-hybridized carbons (Fsp3) is 0.133. The summed E-state index contributed by atoms with van der Waals surface area (Å²) < 4.78 is 11.8. The summed E-state index contributed by atoms with van der Waals surface area (Å²) in [6, 6.07) is 8.84. The quantitative estimate of drug-likeness (QED) is 0.656. The largest absolute Gasteiger partial charge is 0.476 e. The molecule has 0 bridgehead atoms. The number of anilines is 2. The maximum atomic E-state index is 11.6. The number of aromatic carboxylic acids is 1. The van der Waals surface area contributed by atoms with E-state index in [0.29, 0.717) is 29.4 Å². The molecular weight excluding hydrogens is 314 g/mol. The molecule has 9 heteroatoms. The van der Waals surface area contributed by atoms with E-state index in [1.54, 1.807) is 12.1 Å². The van der Waals surface area contributed by atoms with Crippen LogP contribution in [0.4, 0.5) is 11.6 Å². The minimum Gasteiger partial charge on any atom is -0.476 e. The number of rotatable bonds is 4. The molecule has 3 aromatic rings. The van der Waals surface area contributed by atoms with Crippen molar-refractivity contribution in [3.8, 4) is 11.5 Å². The van der Waals surface area contributed by atoms with Crippen LogP contribution in [0.15, 0.2) is 30.3 Å². The molecule has 0 amide bonds. The van der Waals surface area contributed by atoms with Crippen molar-refractivity contribution >= 4 is 23.3 Å². The predicted molar refractivity (Wildman–Crippen MR) is 84.3 cm³/mol. The smallest absolute Gasteiger partial charge is 0.356 e. The van der Waals surface area contributed by atoms with Crippen molar-refractivity contribution in [2.24, 2.45) is 0 Å². The van der Waals surface area contributed by atoms with Gasteiger partial charge >= 0.3 is 5.97 Å². The van der Waals surface area contributed by atoms with E-state index in [2.05, 4.69) is 15.4 Å². The number of nitrogens with zero attached hydrogens (tertiary/aromatic N) is 3. The van der Waals surface area contributed by atoms with Gasteiger partial charge in [-0.05, 0) is 29.8 Å². The first-order valence-electron chi connectivity index (χ1n) is 7.13. The van der Waals surface area contributed by atoms with Crippen molar-refractivity contribution in [2.45, 2.75) is 6.54 Å². The normalized spacial score (nSPS) is 12.5. The van der Waals surface area contributed by atoms with Crippen LogP contribution in [0.5, 0.6) is 11.5 Å². The van der Waals surface area contributed by atoms with Crippen LogP contribution in [0.2, 0.25) is 0 Å². The number of nitrogens with one attached hydrogen (secondary N) is 1. The lowest BCUT2D eigenvalue weighted by Crippen LogP contribution is -2.12. The van der Waals surface area contributed by atoms with E-state index in [0.717, 1.165) is 5.56 Å². The lowest BCUT2D eigenvalue weighted by atomic mass is 10.2. The maximum absolute atomic E-state index is 11.6. The van der Waals surface area contributed by atoms with Gasteiger partial charge in [-0.15, -0.1) is 5.10 Å². The Morgan fingerprint density at radius 1 is 1.29 bits per heavy atom. The van der Waals surface area contributed by atoms with Crippen molar-refractivity contribution < 1.29 is 19.4 Å². The lowest BCUT2D eigenvalue weighted by molar-refractivity contribution is 0.0688. The Kier molecular flexibility index (Phi) is 3.12. The Bertz CT molecular complexity index is 952. The number of nitrogens with two attached hydrogens (primary N) is 1. The average molecular weight is 327 g/mol. The molecule has 4 rings (SSSR count). The summed E-state index contributed by atoms with van der Waals surface area (Å²) in [4.78, 5) is 15.6. The Morgan fingerprint density at radius 3 is 2.96 bits per heavy atom. The first kappa shape index (κ1) is 14.1. The Labute approximate surface area is 135 Å². The number of carboxylic acids is 1. The number of pyridine rings is 1. The number of hydrogen-bond acceptors (Lipinski definition) is 7. The van der Waals surface area contributed by atoms with Crippen molar-refractivity contribution in [1.82, 2.24) is 14.6 Å². The second-order valence-electron chi connectivity index (χ2n) is 5.18. The monoisotopic (exact) mass is 327 g/mol. The first-order chi connectivity index (χ1) is 11.6. The molecule has 0 unspecified atom stereocenters. The molecule has 4 N–H and O–H groups in total. The number of fused-ring (bicyclic) bond motifs is 2. The third kappa shape index (κ3) is 2.32. The highest BCUT2D eigenvalue weighted by Crippen LogP contribution is 2.32. The molecule has 0 radical (unpaired) electrons. The van der Waals surface area contributed by atoms with Crippen molar-refractivity contribution in [3.63, 3.8) is 0 Å². The van der Waals surface area contributed by atoms with Crippen LogP contribution in [0.1, 0.15) is 16.1 Å². The van der Waals surface area contributed by atoms with E-state index < -0.39 is 5.97 Å². The van der Waals surface area contributed by atoms with Crippen LogP contribution in [-0.2, 0) is 6.54 Å². The van der Waals surface area contributed by atoms with Crippen LogP contribution < -0.4 is 20.5 Å². The van der Waals surface area contributed by atoms with Crippen LogP contribution in [-0.4, -0.2) is 32.5 Å². The minimum atomic E-state index is -1.13. The van der Waals surface area contributed by atoms with E-state index >= 15 is 0 Å². The van der Waals surface area contributed by atoms with Gasteiger partial charge in [0, 0.05) is 6.54 Å². The van der Waals surface area contributed by atoms with Crippen LogP contribution in [0.3, 0.4) is 0 Å². The van der Waals surface area contributed by atoms with Crippen LogP contribution >= 0.6 is 0 Å². The molecule has 2 aromatic heterocycles. The molecule has 0 spiro atoms. The van der Waals surface area contributed by atoms with Gasteiger partial charge in [0.2, 0.25) is 12.7 Å². The van der Waals surface area contributed by atoms with Gasteiger partial charge in [0.1, 0.15) is 0 Å². The van der Waals surface area contributed by atoms with E-state index in [1.165, 1.54) is 4.52 Å². The van der Waals surface area contributed by atoms with Gasteiger partial charge in [-0.2, -0.15) is 4.98 Å². The topological polar surface area (TPSA) is 124 Å². The minimum absolute atomic E-state index is 0.0189. The van der Waals surface area contributed by atoms with Gasteiger partial charge in [-0.3, -0.25) is 0 Å². The third-order valence-electron chi connectivity index (χ3n) is 3.64. The highest BCUT2D eigenvalue weighted by Gasteiger charge is 2.18. The molecule has 122 valence electrons. The van der Waals surface area contributed by atoms with E-state index in [4.69, 9.17) is 15.2 Å². The van der Waals surface area contributed by atoms with Gasteiger partial charge in [-0.1, -0.05) is 6.07 Å². The number of hydrogen-bond donors (Lipinski definition) is 3. The van der Waals surface area contributed by atoms with Crippen LogP contribution in [0.25, 0.3) is 5.65 Å². The molecule has 3 heterocycles. The van der Waals surface area contributed by atoms with Gasteiger partial charge in [0.05, 0.1) is 5.69 Å². The molecule has 0 aliphatic carbocycles. The highest BCUT2D eigenvalue weighted by molar-refractivity contribution is 5.93. The number of carboxylic acid groups (broad SMARTS) is 1. The summed E-state index contributed by atoms with van der Waals surface area (Å²) in [7, 11) is 0. The standard InChI is InChI=1S/C15H13N5O4/c16-15-18-12-4-2-9(13(14(21)22)20(12)19-15)17-6-8-1-3-10-11(5-8)24-7-23-10/h1-5,17H,6-7H2,(H2,16,19)(H,21,22). The second kappa shape index (κ2) is 5.30. The molecule has 0 saturated carbocycles. The molecule has 9 nitrogen and oxygen atoms in total. The fourth-order valence-corrected chi connectivity index (χ4v) is 2.56. The number of benzene rings is 1. The van der Waals surface area contributed by atoms with E-state index in [1.807, 2.05) is 18.2 Å². The number of carbonyl (C=O) groups is 1. The first-order valence-corrected chi connectivity index (χ1v) is 7.13. The Hall–Kier alpha value is -3.49. The molecule has 0 atom stereocenters. The Morgan fingerprint density at radius 2 is 2.12 bits per heavy atom. The molecule has 24 heavy (non-hydrogen) atoms. The molecule has 1 aliphatic heterocycles. The fourth-order valence-electron chi connectivity index (χ4n) is 2.56. The SMILES string of the molecule is Nc1nc2ccc(NCc3ccc4c(c3)OCO4)c(C(=O)O)n2n1. The summed E-state index contributed by atoms with van der Waals surface area (Å²) in [5.41, 5.74) is 7.23. The lowest BCUT2D eigenvalue weighted by Gasteiger charge is -2.11. The summed E-state index contributed by atoms with van der Waals surface area (Å²) in [5, 5.41) is 16.5. The molecular formula is C15H13N5O4. The van der Waals surface area contributed by atoms with Gasteiger partial charge in [0.25, 0.3) is 0 Å². The van der Waals surface area contributed by atoms with Crippen LogP contribution in [0, 0.1) is 0 Å². The number of nitrogen functional groups attached to an aromatic ring is 1. The van der Waals surface area contributed by atoms with E-state index in [-0.39, 0.29) is 18.4 Å². The summed E-state index contributed by atoms with van der Waals surface area (Å²) >= 11 is 0. The zero-order valence-corrected chi connectivity index (χ0v) is 12.4. The second-order valence-corrected chi connectivity index (χ2v) is 5.18. The van der Waals surface area contributed by atoms with Crippen molar-refractivity contribution in [3.05, 3.63) is 41.6 Å². The third-order valence-corrected chi connectivity index (χ3v) is 3.64.